The summed E-state index contributed by atoms with van der Waals surface area (Å²) in [6.07, 6.45) is 2.60. The highest BCUT2D eigenvalue weighted by Crippen LogP contribution is 2.48. The second kappa shape index (κ2) is 7.01. The first-order chi connectivity index (χ1) is 13.5. The number of amides is 1. The van der Waals surface area contributed by atoms with E-state index < -0.39 is 5.54 Å². The summed E-state index contributed by atoms with van der Waals surface area (Å²) < 4.78 is 5.19. The molecule has 0 N–H and O–H groups in total. The molecule has 5 nitrogen and oxygen atoms in total. The molecule has 1 heterocycles. The standard InChI is InChI=1S/C22H21N3O2S/c1-15-13-18(9-10-19(15)23-2)24-20(26)22(11-4-12-22)25(21(24)28)17-7-5-16(6-8-17)14-27-3/h5-10,13H,4,11-12,14H2,1,3H3. The third-order valence-corrected chi connectivity index (χ3v) is 6.02. The Labute approximate surface area is 170 Å². The summed E-state index contributed by atoms with van der Waals surface area (Å²) in [5.74, 6) is 0.0275. The molecular formula is C22H21N3O2S. The molecule has 28 heavy (non-hydrogen) atoms. The largest absolute Gasteiger partial charge is 0.380 e. The molecule has 4 rings (SSSR count). The number of thiocarbonyl (C=S) groups is 1. The summed E-state index contributed by atoms with van der Waals surface area (Å²) in [7, 11) is 1.67. The first kappa shape index (κ1) is 18.6. The fourth-order valence-electron chi connectivity index (χ4n) is 4.02. The van der Waals surface area contributed by atoms with Gasteiger partial charge in [-0.1, -0.05) is 18.2 Å². The summed E-state index contributed by atoms with van der Waals surface area (Å²) in [6, 6.07) is 13.5. The van der Waals surface area contributed by atoms with Gasteiger partial charge in [-0.05, 0) is 73.8 Å². The Morgan fingerprint density at radius 2 is 1.86 bits per heavy atom. The van der Waals surface area contributed by atoms with Crippen molar-refractivity contribution in [1.82, 2.24) is 0 Å². The van der Waals surface area contributed by atoms with Crippen LogP contribution in [0.4, 0.5) is 17.1 Å². The number of carbonyl (C=O) groups is 1. The van der Waals surface area contributed by atoms with Crippen molar-refractivity contribution in [2.45, 2.75) is 38.3 Å². The van der Waals surface area contributed by atoms with E-state index >= 15 is 0 Å². The molecule has 2 fully saturated rings. The van der Waals surface area contributed by atoms with Gasteiger partial charge < -0.3 is 9.64 Å². The van der Waals surface area contributed by atoms with E-state index in [4.69, 9.17) is 23.5 Å². The first-order valence-corrected chi connectivity index (χ1v) is 9.67. The van der Waals surface area contributed by atoms with Crippen molar-refractivity contribution in [2.75, 3.05) is 16.9 Å². The average Bonchev–Trinajstić information content (AvgIpc) is 2.89. The van der Waals surface area contributed by atoms with Crippen LogP contribution in [0.25, 0.3) is 4.85 Å². The van der Waals surface area contributed by atoms with Gasteiger partial charge in [0, 0.05) is 18.5 Å². The van der Waals surface area contributed by atoms with E-state index in [9.17, 15) is 4.79 Å². The van der Waals surface area contributed by atoms with Crippen LogP contribution >= 0.6 is 12.2 Å². The molecule has 0 bridgehead atoms. The van der Waals surface area contributed by atoms with E-state index in [2.05, 4.69) is 4.85 Å². The highest BCUT2D eigenvalue weighted by Gasteiger charge is 2.59. The van der Waals surface area contributed by atoms with Gasteiger partial charge in [0.2, 0.25) is 0 Å². The number of hydrogen-bond acceptors (Lipinski definition) is 3. The topological polar surface area (TPSA) is 37.1 Å². The molecule has 0 radical (unpaired) electrons. The summed E-state index contributed by atoms with van der Waals surface area (Å²) in [5.41, 5.74) is 3.57. The molecule has 1 aliphatic carbocycles. The van der Waals surface area contributed by atoms with Crippen molar-refractivity contribution in [3.8, 4) is 0 Å². The second-order valence-electron chi connectivity index (χ2n) is 7.33. The zero-order chi connectivity index (χ0) is 19.9. The first-order valence-electron chi connectivity index (χ1n) is 9.26. The lowest BCUT2D eigenvalue weighted by molar-refractivity contribution is -0.123. The molecule has 1 amide bonds. The molecule has 0 unspecified atom stereocenters. The number of anilines is 2. The van der Waals surface area contributed by atoms with Gasteiger partial charge in [-0.3, -0.25) is 9.69 Å². The van der Waals surface area contributed by atoms with Crippen LogP contribution in [0, 0.1) is 13.5 Å². The molecule has 0 atom stereocenters. The Bertz CT molecular complexity index is 990. The number of methoxy groups -OCH3 is 1. The van der Waals surface area contributed by atoms with Gasteiger partial charge in [0.05, 0.1) is 13.2 Å². The molecule has 1 spiro atoms. The molecule has 2 aromatic rings. The van der Waals surface area contributed by atoms with Crippen LogP contribution in [0.5, 0.6) is 0 Å². The lowest BCUT2D eigenvalue weighted by Gasteiger charge is -2.43. The Morgan fingerprint density at radius 3 is 2.39 bits per heavy atom. The maximum absolute atomic E-state index is 13.5. The maximum atomic E-state index is 13.5. The Kier molecular flexibility index (Phi) is 4.66. The summed E-state index contributed by atoms with van der Waals surface area (Å²) in [5, 5.41) is 0.499. The van der Waals surface area contributed by atoms with Crippen LogP contribution in [-0.2, 0) is 16.1 Å². The smallest absolute Gasteiger partial charge is 0.259 e. The van der Waals surface area contributed by atoms with Gasteiger partial charge in [-0.25, -0.2) is 4.85 Å². The van der Waals surface area contributed by atoms with Gasteiger partial charge in [0.1, 0.15) is 5.54 Å². The van der Waals surface area contributed by atoms with Crippen LogP contribution in [0.3, 0.4) is 0 Å². The highest BCUT2D eigenvalue weighted by molar-refractivity contribution is 7.81. The minimum absolute atomic E-state index is 0.0275. The molecule has 1 aliphatic heterocycles. The molecule has 2 aliphatic rings. The number of rotatable bonds is 4. The molecule has 0 aromatic heterocycles. The number of ether oxygens (including phenoxy) is 1. The van der Waals surface area contributed by atoms with Crippen LogP contribution in [0.15, 0.2) is 42.5 Å². The monoisotopic (exact) mass is 391 g/mol. The predicted octanol–water partition coefficient (Wildman–Crippen LogP) is 4.75. The minimum Gasteiger partial charge on any atom is -0.380 e. The van der Waals surface area contributed by atoms with Crippen molar-refractivity contribution >= 4 is 40.3 Å². The third-order valence-electron chi connectivity index (χ3n) is 5.66. The normalized spacial score (nSPS) is 17.8. The lowest BCUT2D eigenvalue weighted by atomic mass is 9.75. The quantitative estimate of drug-likeness (QED) is 0.557. The van der Waals surface area contributed by atoms with Crippen LogP contribution in [0.2, 0.25) is 0 Å². The Balaban J connectivity index is 1.74. The summed E-state index contributed by atoms with van der Waals surface area (Å²) in [6.45, 7) is 9.67. The van der Waals surface area contributed by atoms with Crippen LogP contribution in [0.1, 0.15) is 30.4 Å². The number of benzene rings is 2. The lowest BCUT2D eigenvalue weighted by Crippen LogP contribution is -2.55. The Hall–Kier alpha value is -2.75. The summed E-state index contributed by atoms with van der Waals surface area (Å²) in [4.78, 5) is 20.6. The van der Waals surface area contributed by atoms with Crippen LogP contribution < -0.4 is 9.80 Å². The van der Waals surface area contributed by atoms with Crippen molar-refractivity contribution in [2.24, 2.45) is 0 Å². The van der Waals surface area contributed by atoms with E-state index in [0.717, 1.165) is 41.8 Å². The zero-order valence-corrected chi connectivity index (χ0v) is 16.8. The molecule has 2 aromatic carbocycles. The van der Waals surface area contributed by atoms with Gasteiger partial charge >= 0.3 is 0 Å². The number of nitrogens with zero attached hydrogens (tertiary/aromatic N) is 3. The molecule has 6 heteroatoms. The van der Waals surface area contributed by atoms with Gasteiger partial charge in [0.25, 0.3) is 5.91 Å². The predicted molar refractivity (Wildman–Crippen MR) is 114 cm³/mol. The van der Waals surface area contributed by atoms with Gasteiger partial charge in [-0.2, -0.15) is 0 Å². The van der Waals surface area contributed by atoms with E-state index in [-0.39, 0.29) is 5.91 Å². The third kappa shape index (κ3) is 2.70. The van der Waals surface area contributed by atoms with E-state index in [1.807, 2.05) is 48.2 Å². The van der Waals surface area contributed by atoms with Crippen molar-refractivity contribution in [3.63, 3.8) is 0 Å². The van der Waals surface area contributed by atoms with Crippen LogP contribution in [-0.4, -0.2) is 23.7 Å². The molecule has 1 saturated carbocycles. The summed E-state index contributed by atoms with van der Waals surface area (Å²) >= 11 is 5.79. The maximum Gasteiger partial charge on any atom is 0.259 e. The minimum atomic E-state index is -0.591. The van der Waals surface area contributed by atoms with Gasteiger partial charge in [-0.15, -0.1) is 0 Å². The highest BCUT2D eigenvalue weighted by atomic mass is 32.1. The van der Waals surface area contributed by atoms with Gasteiger partial charge in [0.15, 0.2) is 10.8 Å². The van der Waals surface area contributed by atoms with Crippen molar-refractivity contribution in [3.05, 3.63) is 65.0 Å². The zero-order valence-electron chi connectivity index (χ0n) is 15.9. The number of aryl methyl sites for hydroxylation is 1. The van der Waals surface area contributed by atoms with E-state index in [1.165, 1.54) is 0 Å². The molecule has 142 valence electrons. The SMILES string of the molecule is [C-]#[N+]c1ccc(N2C(=O)C3(CCC3)N(c3ccc(COC)cc3)C2=S)cc1C. The van der Waals surface area contributed by atoms with E-state index in [1.54, 1.807) is 18.1 Å². The fourth-order valence-corrected chi connectivity index (χ4v) is 4.49. The average molecular weight is 391 g/mol. The Morgan fingerprint density at radius 1 is 1.18 bits per heavy atom. The van der Waals surface area contributed by atoms with E-state index in [0.29, 0.717) is 17.4 Å². The second-order valence-corrected chi connectivity index (χ2v) is 7.69. The molecular weight excluding hydrogens is 370 g/mol. The number of hydrogen-bond donors (Lipinski definition) is 0. The van der Waals surface area contributed by atoms with Crippen molar-refractivity contribution in [1.29, 1.82) is 0 Å². The number of carbonyl (C=O) groups excluding carboxylic acids is 1. The van der Waals surface area contributed by atoms with Crippen molar-refractivity contribution < 1.29 is 9.53 Å². The molecule has 1 saturated heterocycles. The fraction of sp³-hybridized carbons (Fsp3) is 0.318.